The molecule has 3 aliphatic heterocycles. The lowest BCUT2D eigenvalue weighted by Crippen LogP contribution is -2.37. The van der Waals surface area contributed by atoms with Crippen molar-refractivity contribution in [2.45, 2.75) is 19.0 Å². The Kier molecular flexibility index (Phi) is 7.64. The summed E-state index contributed by atoms with van der Waals surface area (Å²) in [5, 5.41) is 11.7. The van der Waals surface area contributed by atoms with E-state index in [1.807, 2.05) is 66.7 Å². The molecule has 0 saturated carbocycles. The number of carbonyl (C=O) groups is 1. The van der Waals surface area contributed by atoms with Crippen LogP contribution in [0.15, 0.2) is 82.8 Å². The fourth-order valence-electron chi connectivity index (χ4n) is 5.42. The molecule has 10 nitrogen and oxygen atoms in total. The number of hydrogen-bond donors (Lipinski definition) is 3. The minimum absolute atomic E-state index is 0.148. The molecule has 1 amide bonds. The summed E-state index contributed by atoms with van der Waals surface area (Å²) in [5.74, 6) is -0.587. The second kappa shape index (κ2) is 11.8. The van der Waals surface area contributed by atoms with Crippen LogP contribution in [0.25, 0.3) is 0 Å². The molecular weight excluding hydrogens is 518 g/mol. The number of fused-ring (bicyclic) bond motifs is 1. The summed E-state index contributed by atoms with van der Waals surface area (Å²) in [6.07, 6.45) is 1.16. The van der Waals surface area contributed by atoms with Crippen LogP contribution in [0, 0.1) is 5.41 Å². The third-order valence-electron chi connectivity index (χ3n) is 7.48. The maximum Gasteiger partial charge on any atom is 0.291 e. The van der Waals surface area contributed by atoms with Crippen molar-refractivity contribution in [1.29, 1.82) is 5.41 Å². The van der Waals surface area contributed by atoms with E-state index in [1.54, 1.807) is 0 Å². The van der Waals surface area contributed by atoms with Crippen LogP contribution in [0.5, 0.6) is 0 Å². The van der Waals surface area contributed by atoms with Gasteiger partial charge in [0.15, 0.2) is 0 Å². The highest BCUT2D eigenvalue weighted by Crippen LogP contribution is 2.30. The van der Waals surface area contributed by atoms with E-state index in [2.05, 4.69) is 26.2 Å². The second-order valence-corrected chi connectivity index (χ2v) is 10.1. The van der Waals surface area contributed by atoms with Crippen LogP contribution < -0.4 is 20.9 Å². The van der Waals surface area contributed by atoms with Crippen LogP contribution in [0.2, 0.25) is 0 Å². The van der Waals surface area contributed by atoms with Gasteiger partial charge in [-0.3, -0.25) is 10.2 Å². The number of para-hydroxylation sites is 1. The van der Waals surface area contributed by atoms with E-state index in [1.165, 1.54) is 12.8 Å². The number of ether oxygens (including phenoxy) is 2. The van der Waals surface area contributed by atoms with E-state index < -0.39 is 12.1 Å². The largest absolute Gasteiger partial charge is 0.407 e. The minimum atomic E-state index is -1.19. The number of anilines is 3. The molecule has 1 unspecified atom stereocenters. The Morgan fingerprint density at radius 2 is 1.71 bits per heavy atom. The van der Waals surface area contributed by atoms with Crippen molar-refractivity contribution >= 4 is 40.6 Å². The molecule has 0 aliphatic carbocycles. The molecule has 1 atom stereocenters. The van der Waals surface area contributed by atoms with Gasteiger partial charge in [0.2, 0.25) is 12.1 Å². The van der Waals surface area contributed by atoms with Gasteiger partial charge in [0.1, 0.15) is 0 Å². The Labute approximate surface area is 239 Å². The van der Waals surface area contributed by atoms with Crippen LogP contribution in [-0.4, -0.2) is 69.1 Å². The van der Waals surface area contributed by atoms with Gasteiger partial charge in [-0.25, -0.2) is 4.99 Å². The molecule has 10 heteroatoms. The number of aliphatic imine (C=N–C) groups is 2. The highest BCUT2D eigenvalue weighted by Gasteiger charge is 2.27. The molecule has 4 N–H and O–H groups in total. The van der Waals surface area contributed by atoms with Gasteiger partial charge in [-0.05, 0) is 37.1 Å². The highest BCUT2D eigenvalue weighted by molar-refractivity contribution is 6.19. The standard InChI is InChI=1S/C31H33N7O3/c32-28(24-13-12-22(37-14-6-7-15-37)20-26(24)38-16-18-40-19-17-38)41-31(33)36-29-30(39)34-25-11-5-4-10-23(25)27(35-29)21-8-2-1-3-9-21/h1-5,8-13,20,29,32H,6-7,14-19H2,(H2,33,36)(H,34,39). The van der Waals surface area contributed by atoms with Gasteiger partial charge >= 0.3 is 0 Å². The summed E-state index contributed by atoms with van der Waals surface area (Å²) in [5.41, 5.74) is 11.7. The number of hydrogen-bond acceptors (Lipinski definition) is 8. The van der Waals surface area contributed by atoms with Crippen LogP contribution >= 0.6 is 0 Å². The zero-order valence-electron chi connectivity index (χ0n) is 22.8. The second-order valence-electron chi connectivity index (χ2n) is 10.1. The lowest BCUT2D eigenvalue weighted by Gasteiger charge is -2.31. The predicted molar refractivity (Wildman–Crippen MR) is 161 cm³/mol. The first kappa shape index (κ1) is 26.5. The van der Waals surface area contributed by atoms with Crippen LogP contribution in [0.3, 0.4) is 0 Å². The summed E-state index contributed by atoms with van der Waals surface area (Å²) < 4.78 is 11.3. The first-order valence-corrected chi connectivity index (χ1v) is 13.9. The van der Waals surface area contributed by atoms with Gasteiger partial charge in [-0.1, -0.05) is 48.5 Å². The van der Waals surface area contributed by atoms with Crippen molar-refractivity contribution in [3.63, 3.8) is 0 Å². The lowest BCUT2D eigenvalue weighted by atomic mass is 10.0. The molecule has 0 bridgehead atoms. The SMILES string of the molecule is N=C(OC(N)=NC1N=C(c2ccccc2)c2ccccc2NC1=O)c1ccc(N2CCCC2)cc1N1CCOCC1. The Morgan fingerprint density at radius 3 is 2.49 bits per heavy atom. The molecule has 0 radical (unpaired) electrons. The van der Waals surface area contributed by atoms with Crippen molar-refractivity contribution in [3.05, 3.63) is 89.5 Å². The molecule has 2 fully saturated rings. The van der Waals surface area contributed by atoms with Gasteiger partial charge < -0.3 is 30.3 Å². The summed E-state index contributed by atoms with van der Waals surface area (Å²) >= 11 is 0. The molecule has 41 heavy (non-hydrogen) atoms. The van der Waals surface area contributed by atoms with Crippen LogP contribution in [0.1, 0.15) is 29.5 Å². The van der Waals surface area contributed by atoms with E-state index in [9.17, 15) is 4.79 Å². The quantitative estimate of drug-likeness (QED) is 0.328. The summed E-state index contributed by atoms with van der Waals surface area (Å²) in [6.45, 7) is 4.71. The normalized spacial score (nSPS) is 19.2. The number of carbonyl (C=O) groups excluding carboxylic acids is 1. The molecule has 3 aliphatic rings. The molecule has 0 spiro atoms. The molecule has 2 saturated heterocycles. The predicted octanol–water partition coefficient (Wildman–Crippen LogP) is 3.60. The minimum Gasteiger partial charge on any atom is -0.407 e. The van der Waals surface area contributed by atoms with Crippen molar-refractivity contribution in [2.75, 3.05) is 54.5 Å². The van der Waals surface area contributed by atoms with Gasteiger partial charge in [0.25, 0.3) is 11.9 Å². The van der Waals surface area contributed by atoms with E-state index >= 15 is 0 Å². The fourth-order valence-corrected chi connectivity index (χ4v) is 5.42. The number of rotatable bonds is 5. The fraction of sp³-hybridized carbons (Fsp3) is 0.290. The average molecular weight is 552 g/mol. The van der Waals surface area contributed by atoms with Crippen molar-refractivity contribution in [3.8, 4) is 0 Å². The number of nitrogens with two attached hydrogens (primary N) is 1. The molecule has 3 heterocycles. The zero-order valence-corrected chi connectivity index (χ0v) is 22.8. The third kappa shape index (κ3) is 5.78. The first-order chi connectivity index (χ1) is 20.1. The summed E-state index contributed by atoms with van der Waals surface area (Å²) in [6, 6.07) is 22.8. The van der Waals surface area contributed by atoms with Gasteiger partial charge in [-0.2, -0.15) is 4.99 Å². The summed E-state index contributed by atoms with van der Waals surface area (Å²) in [4.78, 5) is 26.7. The summed E-state index contributed by atoms with van der Waals surface area (Å²) in [7, 11) is 0. The van der Waals surface area contributed by atoms with E-state index in [-0.39, 0.29) is 11.9 Å². The monoisotopic (exact) mass is 551 g/mol. The number of nitrogens with one attached hydrogen (secondary N) is 2. The molecular formula is C31H33N7O3. The zero-order chi connectivity index (χ0) is 28.2. The maximum atomic E-state index is 13.2. The lowest BCUT2D eigenvalue weighted by molar-refractivity contribution is -0.117. The number of amidine groups is 1. The average Bonchev–Trinajstić information content (AvgIpc) is 3.51. The number of benzodiazepines with no additional fused rings is 1. The molecule has 0 aromatic heterocycles. The molecule has 6 rings (SSSR count). The Balaban J connectivity index is 1.29. The first-order valence-electron chi connectivity index (χ1n) is 13.9. The van der Waals surface area contributed by atoms with Crippen molar-refractivity contribution in [2.24, 2.45) is 15.7 Å². The van der Waals surface area contributed by atoms with E-state index in [0.29, 0.717) is 43.3 Å². The molecule has 3 aromatic carbocycles. The van der Waals surface area contributed by atoms with Gasteiger partial charge in [0.05, 0.1) is 35.9 Å². The number of nitrogens with zero attached hydrogens (tertiary/aromatic N) is 4. The van der Waals surface area contributed by atoms with Crippen molar-refractivity contribution in [1.82, 2.24) is 0 Å². The Hall–Kier alpha value is -4.70. The topological polar surface area (TPSA) is 129 Å². The van der Waals surface area contributed by atoms with Gasteiger partial charge in [0, 0.05) is 43.0 Å². The number of benzene rings is 3. The Morgan fingerprint density at radius 1 is 0.976 bits per heavy atom. The van der Waals surface area contributed by atoms with Crippen LogP contribution in [-0.2, 0) is 14.3 Å². The smallest absolute Gasteiger partial charge is 0.291 e. The maximum absolute atomic E-state index is 13.2. The van der Waals surface area contributed by atoms with Crippen LogP contribution in [0.4, 0.5) is 17.1 Å². The highest BCUT2D eigenvalue weighted by atomic mass is 16.5. The van der Waals surface area contributed by atoms with Gasteiger partial charge in [-0.15, -0.1) is 0 Å². The van der Waals surface area contributed by atoms with Crippen molar-refractivity contribution < 1.29 is 14.3 Å². The number of amides is 1. The molecule has 3 aromatic rings. The number of morpholine rings is 1. The molecule has 210 valence electrons. The van der Waals surface area contributed by atoms with E-state index in [4.69, 9.17) is 25.6 Å². The third-order valence-corrected chi connectivity index (χ3v) is 7.48. The Bertz CT molecular complexity index is 1490. The van der Waals surface area contributed by atoms with E-state index in [0.717, 1.165) is 35.6 Å².